The van der Waals surface area contributed by atoms with Crippen LogP contribution < -0.4 is 5.32 Å². The lowest BCUT2D eigenvalue weighted by molar-refractivity contribution is 0.339. The van der Waals surface area contributed by atoms with Crippen molar-refractivity contribution in [2.75, 3.05) is 26.2 Å². The molecule has 1 N–H and O–H groups in total. The molecule has 1 aliphatic heterocycles. The lowest BCUT2D eigenvalue weighted by Crippen LogP contribution is -2.26. The molecule has 19 heavy (non-hydrogen) atoms. The predicted molar refractivity (Wildman–Crippen MR) is 77.1 cm³/mol. The van der Waals surface area contributed by atoms with Crippen LogP contribution in [-0.2, 0) is 6.54 Å². The van der Waals surface area contributed by atoms with Crippen molar-refractivity contribution in [1.29, 1.82) is 0 Å². The van der Waals surface area contributed by atoms with Crippen molar-refractivity contribution < 1.29 is 0 Å². The second-order valence-corrected chi connectivity index (χ2v) is 5.38. The molecule has 1 fully saturated rings. The van der Waals surface area contributed by atoms with E-state index in [2.05, 4.69) is 34.4 Å². The molecule has 1 atom stereocenters. The van der Waals surface area contributed by atoms with Gasteiger partial charge in [0, 0.05) is 24.8 Å². The van der Waals surface area contributed by atoms with Crippen molar-refractivity contribution in [2.24, 2.45) is 5.92 Å². The number of hydrogen-bond donors (Lipinski definition) is 1. The van der Waals surface area contributed by atoms with Crippen LogP contribution in [0.25, 0.3) is 5.52 Å². The van der Waals surface area contributed by atoms with E-state index in [1.54, 1.807) is 0 Å². The molecule has 0 aliphatic carbocycles. The zero-order valence-corrected chi connectivity index (χ0v) is 11.5. The van der Waals surface area contributed by atoms with Gasteiger partial charge in [0.15, 0.2) is 0 Å². The molecule has 4 nitrogen and oxygen atoms in total. The molecule has 4 heteroatoms. The van der Waals surface area contributed by atoms with Crippen molar-refractivity contribution in [3.8, 4) is 0 Å². The lowest BCUT2D eigenvalue weighted by Gasteiger charge is -2.13. The lowest BCUT2D eigenvalue weighted by atomic mass is 10.1. The molecule has 102 valence electrons. The van der Waals surface area contributed by atoms with E-state index in [-0.39, 0.29) is 0 Å². The highest BCUT2D eigenvalue weighted by molar-refractivity contribution is 5.53. The third-order valence-electron chi connectivity index (χ3n) is 4.07. The summed E-state index contributed by atoms with van der Waals surface area (Å²) in [5.41, 5.74) is 2.49. The first-order valence-electron chi connectivity index (χ1n) is 7.21. The van der Waals surface area contributed by atoms with E-state index in [1.807, 2.05) is 23.0 Å². The van der Waals surface area contributed by atoms with Crippen molar-refractivity contribution in [3.63, 3.8) is 0 Å². The van der Waals surface area contributed by atoms with Gasteiger partial charge in [0.1, 0.15) is 0 Å². The van der Waals surface area contributed by atoms with Crippen LogP contribution in [0.5, 0.6) is 0 Å². The summed E-state index contributed by atoms with van der Waals surface area (Å²) in [6, 6.07) is 6.20. The van der Waals surface area contributed by atoms with Gasteiger partial charge in [-0.2, -0.15) is 5.10 Å². The minimum atomic E-state index is 0.807. The van der Waals surface area contributed by atoms with Crippen molar-refractivity contribution in [3.05, 3.63) is 36.2 Å². The zero-order valence-electron chi connectivity index (χ0n) is 11.5. The SMILES string of the molecule is CCN1CCC(CNCc2cnn3ccccc23)C1. The molecule has 3 rings (SSSR count). The molecule has 0 radical (unpaired) electrons. The summed E-state index contributed by atoms with van der Waals surface area (Å²) in [4.78, 5) is 2.53. The number of nitrogens with one attached hydrogen (secondary N) is 1. The maximum Gasteiger partial charge on any atom is 0.0706 e. The molecule has 2 aromatic heterocycles. The summed E-state index contributed by atoms with van der Waals surface area (Å²) < 4.78 is 1.94. The van der Waals surface area contributed by atoms with Crippen LogP contribution in [0.3, 0.4) is 0 Å². The molecule has 3 heterocycles. The van der Waals surface area contributed by atoms with E-state index in [4.69, 9.17) is 0 Å². The number of rotatable bonds is 5. The summed E-state index contributed by atoms with van der Waals surface area (Å²) in [6.45, 7) is 7.97. The number of hydrogen-bond acceptors (Lipinski definition) is 3. The minimum absolute atomic E-state index is 0.807. The van der Waals surface area contributed by atoms with Gasteiger partial charge in [0.05, 0.1) is 11.7 Å². The van der Waals surface area contributed by atoms with Gasteiger partial charge in [-0.15, -0.1) is 0 Å². The minimum Gasteiger partial charge on any atom is -0.312 e. The molecule has 0 bridgehead atoms. The van der Waals surface area contributed by atoms with E-state index in [9.17, 15) is 0 Å². The van der Waals surface area contributed by atoms with E-state index in [0.29, 0.717) is 0 Å². The van der Waals surface area contributed by atoms with Crippen LogP contribution in [0.1, 0.15) is 18.9 Å². The normalized spacial score (nSPS) is 20.4. The van der Waals surface area contributed by atoms with Crippen LogP contribution in [0.2, 0.25) is 0 Å². The summed E-state index contributed by atoms with van der Waals surface area (Å²) in [5.74, 6) is 0.807. The molecule has 0 aromatic carbocycles. The Morgan fingerprint density at radius 2 is 2.37 bits per heavy atom. The van der Waals surface area contributed by atoms with Crippen LogP contribution >= 0.6 is 0 Å². The molecule has 1 saturated heterocycles. The smallest absolute Gasteiger partial charge is 0.0706 e. The number of pyridine rings is 1. The highest BCUT2D eigenvalue weighted by atomic mass is 15.2. The first-order chi connectivity index (χ1) is 9.36. The van der Waals surface area contributed by atoms with Gasteiger partial charge in [-0.05, 0) is 44.1 Å². The van der Waals surface area contributed by atoms with Crippen molar-refractivity contribution >= 4 is 5.52 Å². The number of nitrogens with zero attached hydrogens (tertiary/aromatic N) is 3. The van der Waals surface area contributed by atoms with Crippen LogP contribution in [0.15, 0.2) is 30.6 Å². The fourth-order valence-electron chi connectivity index (χ4n) is 2.90. The molecule has 1 aliphatic rings. The second-order valence-electron chi connectivity index (χ2n) is 5.38. The predicted octanol–water partition coefficient (Wildman–Crippen LogP) is 1.77. The topological polar surface area (TPSA) is 32.6 Å². The van der Waals surface area contributed by atoms with Crippen LogP contribution in [0, 0.1) is 5.92 Å². The van der Waals surface area contributed by atoms with Gasteiger partial charge in [0.2, 0.25) is 0 Å². The highest BCUT2D eigenvalue weighted by Gasteiger charge is 2.20. The molecular weight excluding hydrogens is 236 g/mol. The third-order valence-corrected chi connectivity index (χ3v) is 4.07. The van der Waals surface area contributed by atoms with E-state index >= 15 is 0 Å². The monoisotopic (exact) mass is 258 g/mol. The van der Waals surface area contributed by atoms with E-state index in [1.165, 1.54) is 37.1 Å². The highest BCUT2D eigenvalue weighted by Crippen LogP contribution is 2.15. The van der Waals surface area contributed by atoms with Gasteiger partial charge < -0.3 is 10.2 Å². The van der Waals surface area contributed by atoms with Crippen LogP contribution in [0.4, 0.5) is 0 Å². The Hall–Kier alpha value is -1.39. The van der Waals surface area contributed by atoms with E-state index < -0.39 is 0 Å². The molecule has 1 unspecified atom stereocenters. The fraction of sp³-hybridized carbons (Fsp3) is 0.533. The first kappa shape index (κ1) is 12.6. The summed E-state index contributed by atoms with van der Waals surface area (Å²) in [5, 5.41) is 7.95. The molecular formula is C15H22N4. The van der Waals surface area contributed by atoms with Crippen LogP contribution in [-0.4, -0.2) is 40.7 Å². The molecule has 0 saturated carbocycles. The van der Waals surface area contributed by atoms with Gasteiger partial charge in [0.25, 0.3) is 0 Å². The summed E-state index contributed by atoms with van der Waals surface area (Å²) in [6.07, 6.45) is 5.29. The van der Waals surface area contributed by atoms with Crippen molar-refractivity contribution in [1.82, 2.24) is 19.8 Å². The largest absolute Gasteiger partial charge is 0.312 e. The zero-order chi connectivity index (χ0) is 13.1. The second kappa shape index (κ2) is 5.72. The quantitative estimate of drug-likeness (QED) is 0.887. The molecule has 0 amide bonds. The maximum absolute atomic E-state index is 4.36. The number of likely N-dealkylation sites (tertiary alicyclic amines) is 1. The Morgan fingerprint density at radius 3 is 3.21 bits per heavy atom. The average molecular weight is 258 g/mol. The number of aromatic nitrogens is 2. The van der Waals surface area contributed by atoms with Gasteiger partial charge in [-0.3, -0.25) is 0 Å². The Kier molecular flexibility index (Phi) is 3.80. The van der Waals surface area contributed by atoms with Gasteiger partial charge >= 0.3 is 0 Å². The molecule has 2 aromatic rings. The summed E-state index contributed by atoms with van der Waals surface area (Å²) in [7, 11) is 0. The first-order valence-corrected chi connectivity index (χ1v) is 7.21. The Balaban J connectivity index is 1.53. The van der Waals surface area contributed by atoms with Gasteiger partial charge in [-0.25, -0.2) is 4.52 Å². The molecule has 0 spiro atoms. The standard InChI is InChI=1S/C15H22N4/c1-2-18-8-6-13(12-18)9-16-10-14-11-17-19-7-4-3-5-15(14)19/h3-5,7,11,13,16H,2,6,8-10,12H2,1H3. The average Bonchev–Trinajstić information content (AvgIpc) is 3.06. The van der Waals surface area contributed by atoms with E-state index in [0.717, 1.165) is 19.0 Å². The van der Waals surface area contributed by atoms with Gasteiger partial charge in [-0.1, -0.05) is 13.0 Å². The number of fused-ring (bicyclic) bond motifs is 1. The Morgan fingerprint density at radius 1 is 1.42 bits per heavy atom. The maximum atomic E-state index is 4.36. The Labute approximate surface area is 114 Å². The Bertz CT molecular complexity index is 534. The summed E-state index contributed by atoms with van der Waals surface area (Å²) >= 11 is 0. The third kappa shape index (κ3) is 2.80. The van der Waals surface area contributed by atoms with Crippen molar-refractivity contribution in [2.45, 2.75) is 19.9 Å². The fourth-order valence-corrected chi connectivity index (χ4v) is 2.90.